The van der Waals surface area contributed by atoms with E-state index in [9.17, 15) is 4.79 Å². The van der Waals surface area contributed by atoms with Crippen molar-refractivity contribution in [2.24, 2.45) is 0 Å². The van der Waals surface area contributed by atoms with Crippen molar-refractivity contribution in [3.05, 3.63) is 22.8 Å². The van der Waals surface area contributed by atoms with Gasteiger partial charge in [-0.2, -0.15) is 0 Å². The van der Waals surface area contributed by atoms with E-state index < -0.39 is 0 Å². The molecule has 82 valence electrons. The summed E-state index contributed by atoms with van der Waals surface area (Å²) >= 11 is 3.36. The standard InChI is InChI=1S/C10H14BrN3O/c1-3-12-10(15)7(2)14-9-8(11)5-4-6-13-9/h4-7H,3H2,1-2H3,(H,12,15)(H,13,14). The molecule has 15 heavy (non-hydrogen) atoms. The Morgan fingerprint density at radius 2 is 2.40 bits per heavy atom. The smallest absolute Gasteiger partial charge is 0.242 e. The highest BCUT2D eigenvalue weighted by molar-refractivity contribution is 9.10. The Hall–Kier alpha value is -1.10. The van der Waals surface area contributed by atoms with Gasteiger partial charge in [-0.25, -0.2) is 4.98 Å². The average molecular weight is 272 g/mol. The minimum absolute atomic E-state index is 0.0324. The maximum Gasteiger partial charge on any atom is 0.242 e. The SMILES string of the molecule is CCNC(=O)C(C)Nc1ncccc1Br. The number of hydrogen-bond acceptors (Lipinski definition) is 3. The minimum Gasteiger partial charge on any atom is -0.358 e. The molecular weight excluding hydrogens is 258 g/mol. The Morgan fingerprint density at radius 1 is 1.67 bits per heavy atom. The van der Waals surface area contributed by atoms with Gasteiger partial charge in [-0.05, 0) is 41.9 Å². The molecule has 1 aromatic heterocycles. The van der Waals surface area contributed by atoms with Gasteiger partial charge in [-0.3, -0.25) is 4.79 Å². The Kier molecular flexibility index (Phi) is 4.55. The van der Waals surface area contributed by atoms with Gasteiger partial charge in [-0.15, -0.1) is 0 Å². The van der Waals surface area contributed by atoms with Gasteiger partial charge in [0.1, 0.15) is 11.9 Å². The van der Waals surface area contributed by atoms with Crippen molar-refractivity contribution in [3.8, 4) is 0 Å². The lowest BCUT2D eigenvalue weighted by Crippen LogP contribution is -2.37. The van der Waals surface area contributed by atoms with E-state index >= 15 is 0 Å². The first-order chi connectivity index (χ1) is 7.15. The number of carbonyl (C=O) groups excluding carboxylic acids is 1. The van der Waals surface area contributed by atoms with Gasteiger partial charge in [0.25, 0.3) is 0 Å². The molecule has 2 N–H and O–H groups in total. The maximum absolute atomic E-state index is 11.4. The van der Waals surface area contributed by atoms with Gasteiger partial charge in [-0.1, -0.05) is 0 Å². The van der Waals surface area contributed by atoms with Crippen LogP contribution in [0.3, 0.4) is 0 Å². The molecule has 0 aliphatic rings. The first-order valence-corrected chi connectivity index (χ1v) is 5.59. The zero-order chi connectivity index (χ0) is 11.3. The van der Waals surface area contributed by atoms with Crippen molar-refractivity contribution in [3.63, 3.8) is 0 Å². The molecular formula is C10H14BrN3O. The summed E-state index contributed by atoms with van der Waals surface area (Å²) in [6.45, 7) is 4.32. The highest BCUT2D eigenvalue weighted by Crippen LogP contribution is 2.18. The van der Waals surface area contributed by atoms with Crippen LogP contribution in [0.5, 0.6) is 0 Å². The van der Waals surface area contributed by atoms with Crippen LogP contribution in [-0.2, 0) is 4.79 Å². The molecule has 0 aromatic carbocycles. The topological polar surface area (TPSA) is 54.0 Å². The number of nitrogens with one attached hydrogen (secondary N) is 2. The molecule has 0 saturated heterocycles. The summed E-state index contributed by atoms with van der Waals surface area (Å²) < 4.78 is 0.848. The van der Waals surface area contributed by atoms with Crippen molar-refractivity contribution < 1.29 is 4.79 Å². The third-order valence-corrected chi connectivity index (χ3v) is 2.50. The lowest BCUT2D eigenvalue weighted by atomic mass is 10.3. The van der Waals surface area contributed by atoms with Crippen LogP contribution in [0.25, 0.3) is 0 Å². The molecule has 1 rings (SSSR count). The van der Waals surface area contributed by atoms with E-state index in [0.717, 1.165) is 4.47 Å². The molecule has 0 aliphatic carbocycles. The van der Waals surface area contributed by atoms with E-state index in [4.69, 9.17) is 0 Å². The molecule has 0 spiro atoms. The molecule has 0 saturated carbocycles. The second kappa shape index (κ2) is 5.70. The quantitative estimate of drug-likeness (QED) is 0.878. The first kappa shape index (κ1) is 12.0. The minimum atomic E-state index is -0.295. The Bertz CT molecular complexity index is 343. The van der Waals surface area contributed by atoms with Crippen LogP contribution in [0, 0.1) is 0 Å². The van der Waals surface area contributed by atoms with Gasteiger partial charge in [0, 0.05) is 12.7 Å². The van der Waals surface area contributed by atoms with Crippen LogP contribution in [0.15, 0.2) is 22.8 Å². The Morgan fingerprint density at radius 3 is 3.00 bits per heavy atom. The van der Waals surface area contributed by atoms with Crippen LogP contribution in [0.4, 0.5) is 5.82 Å². The van der Waals surface area contributed by atoms with Crippen molar-refractivity contribution in [2.75, 3.05) is 11.9 Å². The van der Waals surface area contributed by atoms with Gasteiger partial charge in [0.2, 0.25) is 5.91 Å². The van der Waals surface area contributed by atoms with Gasteiger partial charge in [0.15, 0.2) is 0 Å². The summed E-state index contributed by atoms with van der Waals surface area (Å²) in [5.74, 6) is 0.645. The summed E-state index contributed by atoms with van der Waals surface area (Å²) in [5, 5.41) is 5.77. The van der Waals surface area contributed by atoms with E-state index in [1.165, 1.54) is 0 Å². The lowest BCUT2D eigenvalue weighted by Gasteiger charge is -2.14. The van der Waals surface area contributed by atoms with E-state index in [1.54, 1.807) is 13.1 Å². The van der Waals surface area contributed by atoms with Gasteiger partial charge >= 0.3 is 0 Å². The van der Waals surface area contributed by atoms with E-state index in [1.807, 2.05) is 19.1 Å². The van der Waals surface area contributed by atoms with Crippen molar-refractivity contribution in [1.82, 2.24) is 10.3 Å². The number of anilines is 1. The summed E-state index contributed by atoms with van der Waals surface area (Å²) in [7, 11) is 0. The molecule has 0 radical (unpaired) electrons. The molecule has 0 fully saturated rings. The molecule has 5 heteroatoms. The largest absolute Gasteiger partial charge is 0.358 e. The second-order valence-electron chi connectivity index (χ2n) is 3.09. The second-order valence-corrected chi connectivity index (χ2v) is 3.95. The number of carbonyl (C=O) groups is 1. The molecule has 0 bridgehead atoms. The molecule has 1 aromatic rings. The number of pyridine rings is 1. The number of nitrogens with zero attached hydrogens (tertiary/aromatic N) is 1. The highest BCUT2D eigenvalue weighted by atomic mass is 79.9. The number of aromatic nitrogens is 1. The third-order valence-electron chi connectivity index (χ3n) is 1.86. The predicted octanol–water partition coefficient (Wildman–Crippen LogP) is 1.78. The lowest BCUT2D eigenvalue weighted by molar-refractivity contribution is -0.121. The molecule has 1 heterocycles. The Balaban J connectivity index is 2.62. The number of likely N-dealkylation sites (N-methyl/N-ethyl adjacent to an activating group) is 1. The van der Waals surface area contributed by atoms with E-state index in [-0.39, 0.29) is 11.9 Å². The molecule has 1 unspecified atom stereocenters. The average Bonchev–Trinajstić information content (AvgIpc) is 2.21. The van der Waals surface area contributed by atoms with Crippen LogP contribution in [0.1, 0.15) is 13.8 Å². The number of halogens is 1. The van der Waals surface area contributed by atoms with Crippen LogP contribution >= 0.6 is 15.9 Å². The molecule has 4 nitrogen and oxygen atoms in total. The highest BCUT2D eigenvalue weighted by Gasteiger charge is 2.12. The summed E-state index contributed by atoms with van der Waals surface area (Å²) in [5.41, 5.74) is 0. The molecule has 0 aliphatic heterocycles. The van der Waals surface area contributed by atoms with Gasteiger partial charge in [0.05, 0.1) is 4.47 Å². The fraction of sp³-hybridized carbons (Fsp3) is 0.400. The number of hydrogen-bond donors (Lipinski definition) is 2. The van der Waals surface area contributed by atoms with Crippen LogP contribution < -0.4 is 10.6 Å². The zero-order valence-corrected chi connectivity index (χ0v) is 10.3. The maximum atomic E-state index is 11.4. The van der Waals surface area contributed by atoms with Crippen molar-refractivity contribution >= 4 is 27.7 Å². The predicted molar refractivity (Wildman–Crippen MR) is 63.7 cm³/mol. The normalized spacial score (nSPS) is 11.9. The van der Waals surface area contributed by atoms with Crippen molar-refractivity contribution in [1.29, 1.82) is 0 Å². The summed E-state index contributed by atoms with van der Waals surface area (Å²) in [6, 6.07) is 3.40. The fourth-order valence-electron chi connectivity index (χ4n) is 1.09. The third kappa shape index (κ3) is 3.51. The van der Waals surface area contributed by atoms with E-state index in [0.29, 0.717) is 12.4 Å². The molecule has 1 amide bonds. The van der Waals surface area contributed by atoms with Crippen molar-refractivity contribution in [2.45, 2.75) is 19.9 Å². The van der Waals surface area contributed by atoms with E-state index in [2.05, 4.69) is 31.5 Å². The number of amides is 1. The van der Waals surface area contributed by atoms with Crippen LogP contribution in [-0.4, -0.2) is 23.5 Å². The first-order valence-electron chi connectivity index (χ1n) is 4.80. The van der Waals surface area contributed by atoms with Crippen LogP contribution in [0.2, 0.25) is 0 Å². The summed E-state index contributed by atoms with van der Waals surface area (Å²) in [4.78, 5) is 15.6. The zero-order valence-electron chi connectivity index (χ0n) is 8.75. The Labute approximate surface area is 97.6 Å². The number of rotatable bonds is 4. The molecule has 1 atom stereocenters. The fourth-order valence-corrected chi connectivity index (χ4v) is 1.46. The van der Waals surface area contributed by atoms with Gasteiger partial charge < -0.3 is 10.6 Å². The monoisotopic (exact) mass is 271 g/mol. The summed E-state index contributed by atoms with van der Waals surface area (Å²) in [6.07, 6.45) is 1.68.